The van der Waals surface area contributed by atoms with Crippen LogP contribution in [0.2, 0.25) is 5.02 Å². The summed E-state index contributed by atoms with van der Waals surface area (Å²) in [6.45, 7) is 3.14. The van der Waals surface area contributed by atoms with Gasteiger partial charge < -0.3 is 19.6 Å². The Bertz CT molecular complexity index is 886. The van der Waals surface area contributed by atoms with E-state index in [-0.39, 0.29) is 27.4 Å². The van der Waals surface area contributed by atoms with Crippen molar-refractivity contribution in [2.45, 2.75) is 13.1 Å². The van der Waals surface area contributed by atoms with Crippen LogP contribution in [0.4, 0.5) is 18.9 Å². The molecule has 3 rings (SSSR count). The van der Waals surface area contributed by atoms with Gasteiger partial charge in [-0.15, -0.1) is 0 Å². The third-order valence-corrected chi connectivity index (χ3v) is 4.31. The Morgan fingerprint density at radius 1 is 1.41 bits per heavy atom. The van der Waals surface area contributed by atoms with Gasteiger partial charge in [-0.3, -0.25) is 0 Å². The van der Waals surface area contributed by atoms with Gasteiger partial charge in [-0.1, -0.05) is 11.6 Å². The fraction of sp³-hybridized carbons (Fsp3) is 0.438. The van der Waals surface area contributed by atoms with Crippen molar-refractivity contribution in [1.82, 2.24) is 4.98 Å². The van der Waals surface area contributed by atoms with Crippen LogP contribution >= 0.6 is 11.6 Å². The molecule has 2 heterocycles. The van der Waals surface area contributed by atoms with E-state index in [1.807, 2.05) is 4.90 Å². The largest absolute Gasteiger partial charge is 0.618 e. The molecule has 1 aromatic carbocycles. The molecule has 1 fully saturated rings. The zero-order chi connectivity index (χ0) is 19.8. The normalized spacial score (nSPS) is 15.2. The molecule has 0 unspecified atom stereocenters. The molecule has 0 N–H and O–H groups in total. The maximum absolute atomic E-state index is 13.3. The molecule has 11 heteroatoms. The third kappa shape index (κ3) is 3.72. The van der Waals surface area contributed by atoms with Crippen LogP contribution in [0.25, 0.3) is 11.0 Å². The number of aromatic nitrogens is 2. The van der Waals surface area contributed by atoms with Crippen molar-refractivity contribution in [3.8, 4) is 0 Å². The van der Waals surface area contributed by atoms with Gasteiger partial charge in [0.1, 0.15) is 5.52 Å². The smallest absolute Gasteiger partial charge is 0.440 e. The highest BCUT2D eigenvalue weighted by Crippen LogP contribution is 2.34. The van der Waals surface area contributed by atoms with Crippen molar-refractivity contribution >= 4 is 34.3 Å². The molecule has 0 aliphatic carbocycles. The molecular weight excluding hydrogens is 391 g/mol. The number of alkyl halides is 3. The minimum absolute atomic E-state index is 0.0938. The number of hydrogen-bond acceptors (Lipinski definition) is 6. The predicted octanol–water partition coefficient (Wildman–Crippen LogP) is 2.55. The van der Waals surface area contributed by atoms with Crippen LogP contribution in [-0.2, 0) is 15.7 Å². The van der Waals surface area contributed by atoms with Crippen molar-refractivity contribution in [3.63, 3.8) is 0 Å². The molecule has 27 heavy (non-hydrogen) atoms. The highest BCUT2D eigenvalue weighted by atomic mass is 35.5. The summed E-state index contributed by atoms with van der Waals surface area (Å²) in [4.78, 5) is 17.3. The van der Waals surface area contributed by atoms with Gasteiger partial charge in [-0.2, -0.15) is 17.9 Å². The fourth-order valence-electron chi connectivity index (χ4n) is 2.81. The second-order valence-corrected chi connectivity index (χ2v) is 6.12. The molecule has 1 aliphatic heterocycles. The van der Waals surface area contributed by atoms with Gasteiger partial charge in [0.15, 0.2) is 0 Å². The molecule has 0 atom stereocenters. The number of morpholine rings is 1. The van der Waals surface area contributed by atoms with E-state index in [4.69, 9.17) is 16.3 Å². The predicted molar refractivity (Wildman–Crippen MR) is 89.7 cm³/mol. The van der Waals surface area contributed by atoms with Crippen LogP contribution in [0.1, 0.15) is 23.1 Å². The van der Waals surface area contributed by atoms with E-state index in [2.05, 4.69) is 9.72 Å². The molecule has 0 saturated carbocycles. The SMILES string of the molecule is CCOC(=O)c1c(C(F)(F)F)nc2cc(Cl)c(N3CCOCC3)cc2[n+]1[O-]. The summed E-state index contributed by atoms with van der Waals surface area (Å²) >= 11 is 6.20. The molecule has 0 amide bonds. The first-order valence-corrected chi connectivity index (χ1v) is 8.45. The number of halogens is 4. The standard InChI is InChI=1S/C16H15ClF3N3O4/c1-2-27-15(24)13-14(16(18,19)20)21-10-7-9(17)11(8-12(10)23(13)25)22-3-5-26-6-4-22/h7-8H,2-6H2,1H3. The average Bonchev–Trinajstić information content (AvgIpc) is 2.61. The number of carbonyl (C=O) groups is 1. The van der Waals surface area contributed by atoms with E-state index in [0.29, 0.717) is 32.0 Å². The quantitative estimate of drug-likeness (QED) is 0.443. The van der Waals surface area contributed by atoms with E-state index < -0.39 is 23.5 Å². The molecular formula is C16H15ClF3N3O4. The van der Waals surface area contributed by atoms with Crippen LogP contribution in [0, 0.1) is 5.21 Å². The Labute approximate surface area is 156 Å². The first kappa shape index (κ1) is 19.4. The number of anilines is 1. The molecule has 7 nitrogen and oxygen atoms in total. The minimum atomic E-state index is -5.02. The van der Waals surface area contributed by atoms with Gasteiger partial charge in [0.05, 0.1) is 30.5 Å². The van der Waals surface area contributed by atoms with Crippen LogP contribution in [0.15, 0.2) is 12.1 Å². The topological polar surface area (TPSA) is 78.6 Å². The highest BCUT2D eigenvalue weighted by Gasteiger charge is 2.44. The van der Waals surface area contributed by atoms with Crippen molar-refractivity contribution in [2.75, 3.05) is 37.8 Å². The highest BCUT2D eigenvalue weighted by molar-refractivity contribution is 6.34. The van der Waals surface area contributed by atoms with E-state index in [0.717, 1.165) is 0 Å². The van der Waals surface area contributed by atoms with Gasteiger partial charge in [0, 0.05) is 19.2 Å². The number of rotatable bonds is 3. The molecule has 0 bridgehead atoms. The van der Waals surface area contributed by atoms with E-state index in [1.165, 1.54) is 19.1 Å². The number of benzene rings is 1. The Kier molecular flexibility index (Phi) is 5.29. The molecule has 1 aliphatic rings. The van der Waals surface area contributed by atoms with Crippen molar-refractivity contribution in [1.29, 1.82) is 0 Å². The van der Waals surface area contributed by atoms with Crippen molar-refractivity contribution in [3.05, 3.63) is 33.8 Å². The van der Waals surface area contributed by atoms with Crippen molar-refractivity contribution < 1.29 is 32.2 Å². The maximum Gasteiger partial charge on any atom is 0.440 e. The second kappa shape index (κ2) is 7.35. The summed E-state index contributed by atoms with van der Waals surface area (Å²) in [5.74, 6) is -1.39. The zero-order valence-electron chi connectivity index (χ0n) is 14.2. The van der Waals surface area contributed by atoms with E-state index in [9.17, 15) is 23.2 Å². The third-order valence-electron chi connectivity index (χ3n) is 4.01. The van der Waals surface area contributed by atoms with Crippen LogP contribution in [0.3, 0.4) is 0 Å². The number of carbonyl (C=O) groups excluding carboxylic acids is 1. The van der Waals surface area contributed by atoms with Gasteiger partial charge in [-0.05, 0) is 13.0 Å². The Hall–Kier alpha value is -2.33. The lowest BCUT2D eigenvalue weighted by molar-refractivity contribution is -0.582. The lowest BCUT2D eigenvalue weighted by Crippen LogP contribution is -2.41. The molecule has 0 radical (unpaired) electrons. The summed E-state index contributed by atoms with van der Waals surface area (Å²) in [5, 5.41) is 12.8. The molecule has 2 aromatic rings. The lowest BCUT2D eigenvalue weighted by Gasteiger charge is -2.29. The van der Waals surface area contributed by atoms with Gasteiger partial charge in [0.2, 0.25) is 11.2 Å². The summed E-state index contributed by atoms with van der Waals surface area (Å²) in [5.41, 5.74) is -2.84. The van der Waals surface area contributed by atoms with E-state index in [1.54, 1.807) is 0 Å². The molecule has 146 valence electrons. The van der Waals surface area contributed by atoms with Gasteiger partial charge >= 0.3 is 17.8 Å². The Morgan fingerprint density at radius 3 is 2.67 bits per heavy atom. The Balaban J connectivity index is 2.24. The number of esters is 1. The van der Waals surface area contributed by atoms with Crippen LogP contribution in [0.5, 0.6) is 0 Å². The first-order valence-electron chi connectivity index (χ1n) is 8.08. The number of ether oxygens (including phenoxy) is 2. The van der Waals surface area contributed by atoms with Crippen molar-refractivity contribution in [2.24, 2.45) is 0 Å². The van der Waals surface area contributed by atoms with Crippen LogP contribution < -0.4 is 9.63 Å². The summed E-state index contributed by atoms with van der Waals surface area (Å²) in [6.07, 6.45) is -5.02. The monoisotopic (exact) mass is 405 g/mol. The minimum Gasteiger partial charge on any atom is -0.618 e. The maximum atomic E-state index is 13.3. The molecule has 1 aromatic heterocycles. The number of fused-ring (bicyclic) bond motifs is 1. The molecule has 1 saturated heterocycles. The summed E-state index contributed by atoms with van der Waals surface area (Å²) in [7, 11) is 0. The first-order chi connectivity index (χ1) is 12.7. The average molecular weight is 406 g/mol. The van der Waals surface area contributed by atoms with Gasteiger partial charge in [0.25, 0.3) is 0 Å². The second-order valence-electron chi connectivity index (χ2n) is 5.71. The summed E-state index contributed by atoms with van der Waals surface area (Å²) in [6, 6.07) is 2.51. The summed E-state index contributed by atoms with van der Waals surface area (Å²) < 4.78 is 49.8. The molecule has 0 spiro atoms. The number of hydrogen-bond donors (Lipinski definition) is 0. The fourth-order valence-corrected chi connectivity index (χ4v) is 3.08. The van der Waals surface area contributed by atoms with Crippen LogP contribution in [-0.4, -0.2) is 43.9 Å². The number of nitrogens with zero attached hydrogens (tertiary/aromatic N) is 3. The zero-order valence-corrected chi connectivity index (χ0v) is 14.9. The lowest BCUT2D eigenvalue weighted by atomic mass is 10.2. The van der Waals surface area contributed by atoms with Gasteiger partial charge in [-0.25, -0.2) is 9.78 Å². The Morgan fingerprint density at radius 2 is 2.07 bits per heavy atom. The van der Waals surface area contributed by atoms with E-state index >= 15 is 0 Å².